The lowest BCUT2D eigenvalue weighted by molar-refractivity contribution is -0.387. The van der Waals surface area contributed by atoms with Gasteiger partial charge >= 0.3 is 0 Å². The zero-order chi connectivity index (χ0) is 24.2. The van der Waals surface area contributed by atoms with E-state index in [1.165, 1.54) is 23.0 Å². The molecule has 0 spiro atoms. The van der Waals surface area contributed by atoms with Crippen molar-refractivity contribution in [3.05, 3.63) is 90.1 Å². The second-order valence-electron chi connectivity index (χ2n) is 6.80. The molecule has 0 bridgehead atoms. The molecule has 0 saturated carbocycles. The lowest BCUT2D eigenvalue weighted by Crippen LogP contribution is -2.30. The summed E-state index contributed by atoms with van der Waals surface area (Å²) in [5, 5.41) is 38.7. The number of aromatic nitrogens is 4. The first-order chi connectivity index (χ1) is 16.4. The van der Waals surface area contributed by atoms with Crippen molar-refractivity contribution in [1.82, 2.24) is 19.3 Å². The number of nitrogens with zero attached hydrogens (tertiary/aromatic N) is 7. The van der Waals surface area contributed by atoms with Crippen LogP contribution in [0.15, 0.2) is 69.7 Å². The fourth-order valence-electron chi connectivity index (χ4n) is 3.05. The highest BCUT2D eigenvalue weighted by Gasteiger charge is 2.18. The van der Waals surface area contributed by atoms with E-state index in [0.717, 1.165) is 23.1 Å². The van der Waals surface area contributed by atoms with E-state index in [4.69, 9.17) is 0 Å². The van der Waals surface area contributed by atoms with Gasteiger partial charge in [-0.1, -0.05) is 24.3 Å². The van der Waals surface area contributed by atoms with E-state index in [1.54, 1.807) is 54.1 Å². The largest absolute Gasteiger partial charge is 0.311 e. The maximum absolute atomic E-state index is 13.2. The molecular formula is C22H13N7O3S2. The average Bonchev–Trinajstić information content (AvgIpc) is 3.38. The Morgan fingerprint density at radius 2 is 1.94 bits per heavy atom. The van der Waals surface area contributed by atoms with E-state index >= 15 is 0 Å². The van der Waals surface area contributed by atoms with Crippen LogP contribution in [-0.2, 0) is 7.05 Å². The van der Waals surface area contributed by atoms with Crippen molar-refractivity contribution < 1.29 is 4.92 Å². The summed E-state index contributed by atoms with van der Waals surface area (Å²) in [7, 11) is 1.73. The molecule has 0 saturated heterocycles. The van der Waals surface area contributed by atoms with Crippen LogP contribution in [0.2, 0.25) is 0 Å². The highest BCUT2D eigenvalue weighted by molar-refractivity contribution is 7.99. The van der Waals surface area contributed by atoms with Crippen LogP contribution in [0.25, 0.3) is 17.3 Å². The fraction of sp³-hybridized carbons (Fsp3) is 0.0455. The smallest absolute Gasteiger partial charge is 0.283 e. The van der Waals surface area contributed by atoms with Gasteiger partial charge in [-0.2, -0.15) is 10.5 Å². The van der Waals surface area contributed by atoms with E-state index in [2.05, 4.69) is 10.2 Å². The number of aryl methyl sites for hydroxylation is 1. The first kappa shape index (κ1) is 22.7. The van der Waals surface area contributed by atoms with Gasteiger partial charge in [0, 0.05) is 13.1 Å². The minimum absolute atomic E-state index is 0.150. The summed E-state index contributed by atoms with van der Waals surface area (Å²) in [5.41, 5.74) is 0.141. The molecule has 4 aromatic rings. The van der Waals surface area contributed by atoms with Crippen molar-refractivity contribution in [1.29, 1.82) is 10.5 Å². The first-order valence-corrected chi connectivity index (χ1v) is 11.2. The van der Waals surface area contributed by atoms with E-state index in [-0.39, 0.29) is 20.5 Å². The minimum atomic E-state index is -0.505. The fourth-order valence-corrected chi connectivity index (χ4v) is 4.95. The van der Waals surface area contributed by atoms with E-state index < -0.39 is 10.5 Å². The van der Waals surface area contributed by atoms with Crippen LogP contribution in [0.3, 0.4) is 0 Å². The third-order valence-corrected chi connectivity index (χ3v) is 6.83. The number of nitro benzene ring substituents is 1. The predicted octanol–water partition coefficient (Wildman–Crippen LogP) is 2.11. The lowest BCUT2D eigenvalue weighted by Gasteiger charge is -2.03. The Hall–Kier alpha value is -4.52. The third-order valence-electron chi connectivity index (χ3n) is 4.62. The van der Waals surface area contributed by atoms with Gasteiger partial charge in [-0.3, -0.25) is 19.5 Å². The molecule has 2 aromatic carbocycles. The monoisotopic (exact) mass is 487 g/mol. The van der Waals surface area contributed by atoms with Gasteiger partial charge in [0.2, 0.25) is 0 Å². The van der Waals surface area contributed by atoms with Crippen LogP contribution in [-0.4, -0.2) is 24.3 Å². The predicted molar refractivity (Wildman–Crippen MR) is 126 cm³/mol. The summed E-state index contributed by atoms with van der Waals surface area (Å²) in [6.45, 7) is 0. The molecule has 0 aliphatic carbocycles. The van der Waals surface area contributed by atoms with Crippen LogP contribution < -0.4 is 14.8 Å². The molecule has 4 rings (SSSR count). The molecule has 0 fully saturated rings. The quantitative estimate of drug-likeness (QED) is 0.308. The van der Waals surface area contributed by atoms with Crippen LogP contribution in [0, 0.1) is 32.8 Å². The van der Waals surface area contributed by atoms with Crippen molar-refractivity contribution in [2.24, 2.45) is 7.05 Å². The van der Waals surface area contributed by atoms with E-state index in [9.17, 15) is 25.4 Å². The maximum atomic E-state index is 13.2. The van der Waals surface area contributed by atoms with Crippen molar-refractivity contribution in [3.63, 3.8) is 0 Å². The standard InChI is InChI=1S/C22H13N7O3S2/c1-27-13-25-26-22(27)34-18-8-7-14(9-17(18)29(31)32)10-19-20(30)28(16-5-3-2-4-6-16)21(33-19)15(11-23)12-24/h2-10,13H,1H3/b19-10-. The van der Waals surface area contributed by atoms with Gasteiger partial charge in [0.1, 0.15) is 23.1 Å². The lowest BCUT2D eigenvalue weighted by atomic mass is 10.2. The van der Waals surface area contributed by atoms with E-state index in [0.29, 0.717) is 21.3 Å². The summed E-state index contributed by atoms with van der Waals surface area (Å²) < 4.78 is 3.36. The van der Waals surface area contributed by atoms with Crippen molar-refractivity contribution in [2.75, 3.05) is 0 Å². The Bertz CT molecular complexity index is 1660. The Balaban J connectivity index is 1.89. The molecule has 0 N–H and O–H groups in total. The molecule has 12 heteroatoms. The second kappa shape index (κ2) is 9.54. The van der Waals surface area contributed by atoms with Gasteiger partial charge in [0.05, 0.1) is 20.0 Å². The Morgan fingerprint density at radius 3 is 2.56 bits per heavy atom. The molecule has 2 aromatic heterocycles. The molecule has 0 aliphatic heterocycles. The highest BCUT2D eigenvalue weighted by Crippen LogP contribution is 2.34. The normalized spacial score (nSPS) is 11.1. The van der Waals surface area contributed by atoms with Gasteiger partial charge in [-0.05, 0) is 41.6 Å². The van der Waals surface area contributed by atoms with Crippen molar-refractivity contribution in [2.45, 2.75) is 10.1 Å². The Labute approximate surface area is 200 Å². The van der Waals surface area contributed by atoms with Gasteiger partial charge in [0.15, 0.2) is 10.7 Å². The van der Waals surface area contributed by atoms with Crippen LogP contribution >= 0.6 is 23.1 Å². The number of thiazole rings is 1. The van der Waals surface area contributed by atoms with Crippen LogP contribution in [0.4, 0.5) is 5.69 Å². The Morgan fingerprint density at radius 1 is 1.21 bits per heavy atom. The number of nitriles is 2. The molecular weight excluding hydrogens is 474 g/mol. The number of rotatable bonds is 5. The SMILES string of the molecule is Cn1cnnc1Sc1ccc(/C=c2\sc(=C(C#N)C#N)n(-c3ccccc3)c2=O)cc1[N+](=O)[O-]. The van der Waals surface area contributed by atoms with Crippen molar-refractivity contribution >= 4 is 40.4 Å². The number of nitro groups is 1. The Kier molecular flexibility index (Phi) is 6.36. The number of hydrogen-bond donors (Lipinski definition) is 0. The first-order valence-electron chi connectivity index (χ1n) is 9.56. The molecule has 34 heavy (non-hydrogen) atoms. The topological polar surface area (TPSA) is 143 Å². The minimum Gasteiger partial charge on any atom is -0.311 e. The maximum Gasteiger partial charge on any atom is 0.283 e. The molecule has 0 aliphatic rings. The molecule has 0 radical (unpaired) electrons. The molecule has 0 unspecified atom stereocenters. The number of benzene rings is 2. The highest BCUT2D eigenvalue weighted by atomic mass is 32.2. The van der Waals surface area contributed by atoms with Gasteiger partial charge in [0.25, 0.3) is 11.2 Å². The number of hydrogen-bond acceptors (Lipinski definition) is 9. The van der Waals surface area contributed by atoms with Gasteiger partial charge < -0.3 is 4.57 Å². The van der Waals surface area contributed by atoms with E-state index in [1.807, 2.05) is 12.1 Å². The molecule has 2 heterocycles. The molecule has 0 atom stereocenters. The van der Waals surface area contributed by atoms with Gasteiger partial charge in [-0.25, -0.2) is 0 Å². The summed E-state index contributed by atoms with van der Waals surface area (Å²) >= 11 is 2.08. The average molecular weight is 488 g/mol. The third kappa shape index (κ3) is 4.36. The van der Waals surface area contributed by atoms with Crippen molar-refractivity contribution in [3.8, 4) is 17.8 Å². The molecule has 166 valence electrons. The molecule has 10 nitrogen and oxygen atoms in total. The zero-order valence-corrected chi connectivity index (χ0v) is 19.1. The number of para-hydroxylation sites is 1. The summed E-state index contributed by atoms with van der Waals surface area (Å²) in [5.74, 6) is 0. The second-order valence-corrected chi connectivity index (χ2v) is 8.84. The zero-order valence-electron chi connectivity index (χ0n) is 17.4. The summed E-state index contributed by atoms with van der Waals surface area (Å²) in [6.07, 6.45) is 3.00. The summed E-state index contributed by atoms with van der Waals surface area (Å²) in [4.78, 5) is 24.8. The summed E-state index contributed by atoms with van der Waals surface area (Å²) in [6, 6.07) is 16.9. The van der Waals surface area contributed by atoms with Gasteiger partial charge in [-0.15, -0.1) is 21.5 Å². The molecule has 0 amide bonds. The van der Waals surface area contributed by atoms with Crippen LogP contribution in [0.1, 0.15) is 5.56 Å². The van der Waals surface area contributed by atoms with Crippen LogP contribution in [0.5, 0.6) is 0 Å².